The van der Waals surface area contributed by atoms with Crippen LogP contribution in [0.2, 0.25) is 0 Å². The number of carbonyl (C=O) groups excluding carboxylic acids is 1. The molecule has 21 heavy (non-hydrogen) atoms. The van der Waals surface area contributed by atoms with Gasteiger partial charge in [0.15, 0.2) is 0 Å². The Labute approximate surface area is 124 Å². The molecule has 0 aliphatic rings. The SMILES string of the molecule is C=CCOC(=O)CN.Cc1ccccc1N[C@@H](C)C(=O)O. The Morgan fingerprint density at radius 2 is 2.10 bits per heavy atom. The van der Waals surface area contributed by atoms with Gasteiger partial charge in [0.05, 0.1) is 6.54 Å². The number of esters is 1. The van der Waals surface area contributed by atoms with Crippen molar-refractivity contribution in [2.75, 3.05) is 18.5 Å². The number of rotatable bonds is 6. The van der Waals surface area contributed by atoms with Gasteiger partial charge in [-0.3, -0.25) is 9.59 Å². The smallest absolute Gasteiger partial charge is 0.325 e. The number of nitrogens with one attached hydrogen (secondary N) is 1. The first-order valence-electron chi connectivity index (χ1n) is 6.44. The molecule has 0 aromatic heterocycles. The minimum atomic E-state index is -0.844. The second kappa shape index (κ2) is 10.4. The van der Waals surface area contributed by atoms with Gasteiger partial charge < -0.3 is 20.9 Å². The van der Waals surface area contributed by atoms with Crippen LogP contribution in [0.3, 0.4) is 0 Å². The number of carboxylic acid groups (broad SMARTS) is 1. The summed E-state index contributed by atoms with van der Waals surface area (Å²) >= 11 is 0. The van der Waals surface area contributed by atoms with E-state index in [4.69, 9.17) is 10.8 Å². The molecular formula is C15H22N2O4. The van der Waals surface area contributed by atoms with Crippen LogP contribution >= 0.6 is 0 Å². The van der Waals surface area contributed by atoms with Crippen LogP contribution in [-0.2, 0) is 14.3 Å². The van der Waals surface area contributed by atoms with Crippen LogP contribution in [0.4, 0.5) is 5.69 Å². The lowest BCUT2D eigenvalue weighted by Crippen LogP contribution is -2.25. The molecule has 0 unspecified atom stereocenters. The van der Waals surface area contributed by atoms with Gasteiger partial charge in [0.25, 0.3) is 0 Å². The molecule has 0 heterocycles. The van der Waals surface area contributed by atoms with E-state index in [2.05, 4.69) is 16.6 Å². The molecule has 1 aromatic carbocycles. The van der Waals surface area contributed by atoms with Gasteiger partial charge in [-0.25, -0.2) is 0 Å². The summed E-state index contributed by atoms with van der Waals surface area (Å²) in [6, 6.07) is 7.06. The van der Waals surface area contributed by atoms with Gasteiger partial charge in [0.1, 0.15) is 12.6 Å². The molecule has 6 heteroatoms. The summed E-state index contributed by atoms with van der Waals surface area (Å²) in [7, 11) is 0. The average Bonchev–Trinajstić information content (AvgIpc) is 2.47. The molecular weight excluding hydrogens is 272 g/mol. The number of aryl methyl sites for hydroxylation is 1. The summed E-state index contributed by atoms with van der Waals surface area (Å²) in [4.78, 5) is 20.7. The normalized spacial score (nSPS) is 10.6. The second-order valence-electron chi connectivity index (χ2n) is 4.19. The third kappa shape index (κ3) is 8.43. The number of anilines is 1. The maximum absolute atomic E-state index is 10.6. The summed E-state index contributed by atoms with van der Waals surface area (Å²) in [5.74, 6) is -1.24. The Hall–Kier alpha value is -2.34. The number of carboxylic acids is 1. The highest BCUT2D eigenvalue weighted by atomic mass is 16.5. The largest absolute Gasteiger partial charge is 0.480 e. The first-order chi connectivity index (χ1) is 9.92. The third-order valence-corrected chi connectivity index (χ3v) is 2.42. The van der Waals surface area contributed by atoms with Crippen molar-refractivity contribution in [3.8, 4) is 0 Å². The number of hydrogen-bond donors (Lipinski definition) is 3. The molecule has 4 N–H and O–H groups in total. The number of benzene rings is 1. The van der Waals surface area contributed by atoms with Crippen LogP contribution in [0, 0.1) is 6.92 Å². The van der Waals surface area contributed by atoms with E-state index in [1.54, 1.807) is 6.92 Å². The first kappa shape index (κ1) is 18.7. The maximum Gasteiger partial charge on any atom is 0.325 e. The topological polar surface area (TPSA) is 102 Å². The lowest BCUT2D eigenvalue weighted by molar-refractivity contribution is -0.140. The predicted octanol–water partition coefficient (Wildman–Crippen LogP) is 1.55. The Morgan fingerprint density at radius 3 is 2.57 bits per heavy atom. The summed E-state index contributed by atoms with van der Waals surface area (Å²) in [5.41, 5.74) is 6.83. The van der Waals surface area contributed by atoms with E-state index in [9.17, 15) is 9.59 Å². The fourth-order valence-corrected chi connectivity index (χ4v) is 1.24. The van der Waals surface area contributed by atoms with Crippen LogP contribution in [0.5, 0.6) is 0 Å². The quantitative estimate of drug-likeness (QED) is 0.543. The molecule has 0 spiro atoms. The molecule has 1 aromatic rings. The third-order valence-electron chi connectivity index (χ3n) is 2.42. The molecule has 0 amide bonds. The number of hydrogen-bond acceptors (Lipinski definition) is 5. The van der Waals surface area contributed by atoms with Crippen molar-refractivity contribution in [1.29, 1.82) is 0 Å². The highest BCUT2D eigenvalue weighted by molar-refractivity contribution is 5.77. The van der Waals surface area contributed by atoms with Crippen molar-refractivity contribution in [2.24, 2.45) is 5.73 Å². The van der Waals surface area contributed by atoms with Crippen molar-refractivity contribution < 1.29 is 19.4 Å². The zero-order chi connectivity index (χ0) is 16.3. The van der Waals surface area contributed by atoms with Crippen LogP contribution in [0.1, 0.15) is 12.5 Å². The summed E-state index contributed by atoms with van der Waals surface area (Å²) in [6.45, 7) is 7.09. The lowest BCUT2D eigenvalue weighted by Gasteiger charge is -2.12. The summed E-state index contributed by atoms with van der Waals surface area (Å²) in [5, 5.41) is 11.6. The predicted molar refractivity (Wildman–Crippen MR) is 82.1 cm³/mol. The minimum absolute atomic E-state index is 0.0617. The van der Waals surface area contributed by atoms with Gasteiger partial charge in [-0.2, -0.15) is 0 Å². The lowest BCUT2D eigenvalue weighted by atomic mass is 10.2. The van der Waals surface area contributed by atoms with E-state index < -0.39 is 18.0 Å². The number of carbonyl (C=O) groups is 2. The molecule has 0 fully saturated rings. The van der Waals surface area contributed by atoms with Crippen molar-refractivity contribution in [3.05, 3.63) is 42.5 Å². The van der Waals surface area contributed by atoms with Gasteiger partial charge in [-0.1, -0.05) is 30.9 Å². The molecule has 116 valence electrons. The Bertz CT molecular complexity index is 474. The molecule has 0 bridgehead atoms. The van der Waals surface area contributed by atoms with Crippen molar-refractivity contribution >= 4 is 17.6 Å². The van der Waals surface area contributed by atoms with Gasteiger partial charge >= 0.3 is 11.9 Å². The summed E-state index contributed by atoms with van der Waals surface area (Å²) < 4.78 is 4.46. The standard InChI is InChI=1S/C10H13NO2.C5H9NO2/c1-7-5-3-4-6-9(7)11-8(2)10(12)13;1-2-3-8-5(7)4-6/h3-6,8,11H,1-2H3,(H,12,13);2H,1,3-4,6H2/t8-;/m0./s1. The maximum atomic E-state index is 10.6. The van der Waals surface area contributed by atoms with E-state index in [0.29, 0.717) is 0 Å². The van der Waals surface area contributed by atoms with Crippen molar-refractivity contribution in [1.82, 2.24) is 0 Å². The molecule has 0 radical (unpaired) electrons. The molecule has 1 atom stereocenters. The molecule has 6 nitrogen and oxygen atoms in total. The Morgan fingerprint density at radius 1 is 1.48 bits per heavy atom. The zero-order valence-electron chi connectivity index (χ0n) is 12.3. The Kier molecular flexibility index (Phi) is 9.28. The van der Waals surface area contributed by atoms with E-state index in [0.717, 1.165) is 11.3 Å². The highest BCUT2D eigenvalue weighted by Crippen LogP contribution is 2.13. The number of para-hydroxylation sites is 1. The molecule has 0 saturated carbocycles. The van der Waals surface area contributed by atoms with Crippen LogP contribution in [0.25, 0.3) is 0 Å². The average molecular weight is 294 g/mol. The summed E-state index contributed by atoms with van der Waals surface area (Å²) in [6.07, 6.45) is 1.49. The Balaban J connectivity index is 0.000000433. The fraction of sp³-hybridized carbons (Fsp3) is 0.333. The highest BCUT2D eigenvalue weighted by Gasteiger charge is 2.10. The van der Waals surface area contributed by atoms with E-state index in [1.165, 1.54) is 6.08 Å². The molecule has 0 aliphatic heterocycles. The fourth-order valence-electron chi connectivity index (χ4n) is 1.24. The molecule has 0 saturated heterocycles. The zero-order valence-corrected chi connectivity index (χ0v) is 12.3. The van der Waals surface area contributed by atoms with Crippen LogP contribution in [-0.4, -0.2) is 36.2 Å². The van der Waals surface area contributed by atoms with Gasteiger partial charge in [0.2, 0.25) is 0 Å². The van der Waals surface area contributed by atoms with Gasteiger partial charge in [0, 0.05) is 5.69 Å². The monoisotopic (exact) mass is 294 g/mol. The van der Waals surface area contributed by atoms with Crippen molar-refractivity contribution in [3.63, 3.8) is 0 Å². The number of ether oxygens (including phenoxy) is 1. The van der Waals surface area contributed by atoms with Crippen molar-refractivity contribution in [2.45, 2.75) is 19.9 Å². The van der Waals surface area contributed by atoms with Crippen LogP contribution in [0.15, 0.2) is 36.9 Å². The second-order valence-corrected chi connectivity index (χ2v) is 4.19. The number of nitrogens with two attached hydrogens (primary N) is 1. The molecule has 0 aliphatic carbocycles. The number of aliphatic carboxylic acids is 1. The molecule has 1 rings (SSSR count). The van der Waals surface area contributed by atoms with Gasteiger partial charge in [-0.05, 0) is 25.5 Å². The van der Waals surface area contributed by atoms with E-state index >= 15 is 0 Å². The van der Waals surface area contributed by atoms with Crippen LogP contribution < -0.4 is 11.1 Å². The van der Waals surface area contributed by atoms with E-state index in [-0.39, 0.29) is 13.2 Å². The minimum Gasteiger partial charge on any atom is -0.480 e. The van der Waals surface area contributed by atoms with Gasteiger partial charge in [-0.15, -0.1) is 0 Å². The first-order valence-corrected chi connectivity index (χ1v) is 6.44. The van der Waals surface area contributed by atoms with E-state index in [1.807, 2.05) is 31.2 Å².